The molecule has 4 rings (SSSR count). The zero-order valence-electron chi connectivity index (χ0n) is 15.5. The number of alkyl halides is 2. The third-order valence-corrected chi connectivity index (χ3v) is 4.62. The number of hydrogen-bond donors (Lipinski definition) is 2. The first-order valence-electron chi connectivity index (χ1n) is 9.11. The van der Waals surface area contributed by atoms with Crippen LogP contribution in [0.25, 0.3) is 33.5 Å². The van der Waals surface area contributed by atoms with Gasteiger partial charge in [0.2, 0.25) is 5.95 Å². The molecule has 0 amide bonds. The Hall–Kier alpha value is -3.07. The number of pyridine rings is 1. The Kier molecular flexibility index (Phi) is 5.39. The topological polar surface area (TPSA) is 84.3 Å². The van der Waals surface area contributed by atoms with Crippen LogP contribution in [0.5, 0.6) is 0 Å². The number of nitrogens with one attached hydrogen (secondary N) is 2. The van der Waals surface area contributed by atoms with E-state index in [-0.39, 0.29) is 0 Å². The summed E-state index contributed by atoms with van der Waals surface area (Å²) in [6.45, 7) is 2.26. The fraction of sp³-hybridized carbons (Fsp3) is 0.263. The van der Waals surface area contributed by atoms with Gasteiger partial charge in [0.05, 0.1) is 10.7 Å². The predicted molar refractivity (Wildman–Crippen MR) is 108 cm³/mol. The number of anilines is 1. The molecule has 0 saturated heterocycles. The van der Waals surface area contributed by atoms with Crippen molar-refractivity contribution in [3.05, 3.63) is 41.9 Å². The Morgan fingerprint density at radius 1 is 1.31 bits per heavy atom. The fourth-order valence-electron chi connectivity index (χ4n) is 2.99. The highest BCUT2D eigenvalue weighted by atomic mass is 35.5. The molecule has 0 aliphatic carbocycles. The van der Waals surface area contributed by atoms with Gasteiger partial charge < -0.3 is 10.3 Å². The van der Waals surface area contributed by atoms with Crippen molar-refractivity contribution < 1.29 is 8.78 Å². The molecule has 0 spiro atoms. The zero-order chi connectivity index (χ0) is 20.4. The summed E-state index contributed by atoms with van der Waals surface area (Å²) in [5.41, 5.74) is 2.98. The second-order valence-corrected chi connectivity index (χ2v) is 6.86. The lowest BCUT2D eigenvalue weighted by atomic mass is 10.1. The maximum absolute atomic E-state index is 13.0. The normalized spacial score (nSPS) is 11.5. The van der Waals surface area contributed by atoms with Crippen LogP contribution in [0, 0.1) is 0 Å². The molecule has 0 aromatic carbocycles. The van der Waals surface area contributed by atoms with Crippen molar-refractivity contribution in [3.63, 3.8) is 0 Å². The van der Waals surface area contributed by atoms with Gasteiger partial charge in [-0.15, -0.1) is 0 Å². The molecule has 150 valence electrons. The smallest absolute Gasteiger partial charge is 0.257 e. The van der Waals surface area contributed by atoms with Crippen LogP contribution >= 0.6 is 11.6 Å². The molecule has 7 nitrogen and oxygen atoms in total. The quantitative estimate of drug-likeness (QED) is 0.458. The Morgan fingerprint density at radius 2 is 2.17 bits per heavy atom. The summed E-state index contributed by atoms with van der Waals surface area (Å²) in [7, 11) is 0. The first kappa shape index (κ1) is 19.3. The number of nitrogens with zero attached hydrogens (tertiary/aromatic N) is 5. The van der Waals surface area contributed by atoms with E-state index >= 15 is 0 Å². The van der Waals surface area contributed by atoms with Crippen LogP contribution in [0.4, 0.5) is 14.7 Å². The largest absolute Gasteiger partial charge is 0.354 e. The number of halogens is 3. The monoisotopic (exact) mass is 417 g/mol. The molecule has 0 aliphatic heterocycles. The number of hydrogen-bond acceptors (Lipinski definition) is 5. The Bertz CT molecular complexity index is 1140. The van der Waals surface area contributed by atoms with Crippen LogP contribution in [-0.4, -0.2) is 42.7 Å². The molecule has 4 aromatic heterocycles. The molecule has 4 heterocycles. The summed E-state index contributed by atoms with van der Waals surface area (Å²) in [5.74, 6) is 0.471. The van der Waals surface area contributed by atoms with Gasteiger partial charge in [0.1, 0.15) is 17.9 Å². The van der Waals surface area contributed by atoms with E-state index < -0.39 is 13.0 Å². The van der Waals surface area contributed by atoms with Crippen molar-refractivity contribution in [2.24, 2.45) is 0 Å². The van der Waals surface area contributed by atoms with Crippen molar-refractivity contribution >= 4 is 28.6 Å². The van der Waals surface area contributed by atoms with E-state index in [0.29, 0.717) is 39.1 Å². The molecule has 0 saturated carbocycles. The minimum absolute atomic E-state index is 0.471. The van der Waals surface area contributed by atoms with E-state index in [9.17, 15) is 8.78 Å². The average molecular weight is 418 g/mol. The Balaban J connectivity index is 1.82. The van der Waals surface area contributed by atoms with E-state index in [4.69, 9.17) is 11.6 Å². The van der Waals surface area contributed by atoms with Crippen molar-refractivity contribution in [1.82, 2.24) is 29.7 Å². The van der Waals surface area contributed by atoms with E-state index in [0.717, 1.165) is 18.4 Å². The first-order valence-corrected chi connectivity index (χ1v) is 9.49. The Labute approximate surface area is 170 Å². The predicted octanol–water partition coefficient (Wildman–Crippen LogP) is 4.62. The van der Waals surface area contributed by atoms with Gasteiger partial charge in [-0.2, -0.15) is 5.10 Å². The lowest BCUT2D eigenvalue weighted by Crippen LogP contribution is -2.06. The summed E-state index contributed by atoms with van der Waals surface area (Å²) in [5, 5.41) is 8.75. The van der Waals surface area contributed by atoms with Crippen LogP contribution in [0.15, 0.2) is 36.9 Å². The number of H-pyrrole nitrogens is 1. The molecule has 0 atom stereocenters. The van der Waals surface area contributed by atoms with E-state index in [1.807, 2.05) is 13.0 Å². The van der Waals surface area contributed by atoms with Crippen molar-refractivity contribution in [1.29, 1.82) is 0 Å². The summed E-state index contributed by atoms with van der Waals surface area (Å²) in [4.78, 5) is 16.0. The summed E-state index contributed by atoms with van der Waals surface area (Å²) in [6.07, 6.45) is 4.87. The van der Waals surface area contributed by atoms with Crippen LogP contribution in [-0.2, 0) is 6.54 Å². The van der Waals surface area contributed by atoms with Gasteiger partial charge in [0.25, 0.3) is 6.43 Å². The molecule has 4 aromatic rings. The first-order chi connectivity index (χ1) is 14.0. The third-order valence-electron chi connectivity index (χ3n) is 4.31. The standard InChI is InChI=1S/C19H18ClF2N7/c1-2-4-23-19-24-5-3-15(27-19)13-9-29(10-16(21)22)28-17(13)11-6-12-14(20)8-26-18(12)25-7-11/h3,5-9,16H,2,4,10H2,1H3,(H,25,26)(H,23,24,27). The number of rotatable bonds is 7. The number of aromatic nitrogens is 6. The van der Waals surface area contributed by atoms with Gasteiger partial charge in [-0.05, 0) is 18.6 Å². The molecular formula is C19H18ClF2N7. The van der Waals surface area contributed by atoms with Gasteiger partial charge >= 0.3 is 0 Å². The maximum Gasteiger partial charge on any atom is 0.257 e. The molecule has 10 heteroatoms. The molecular weight excluding hydrogens is 400 g/mol. The number of fused-ring (bicyclic) bond motifs is 1. The molecule has 0 fully saturated rings. The van der Waals surface area contributed by atoms with E-state index in [1.54, 1.807) is 30.9 Å². The van der Waals surface area contributed by atoms with Crippen molar-refractivity contribution in [2.45, 2.75) is 26.3 Å². The SMILES string of the molecule is CCCNc1nccc(-c2cn(CC(F)F)nc2-c2cnc3[nH]cc(Cl)c3c2)n1. The zero-order valence-corrected chi connectivity index (χ0v) is 16.3. The lowest BCUT2D eigenvalue weighted by Gasteiger charge is -2.06. The van der Waals surface area contributed by atoms with Gasteiger partial charge in [-0.3, -0.25) is 4.68 Å². The van der Waals surface area contributed by atoms with Gasteiger partial charge in [0, 0.05) is 47.8 Å². The number of aromatic amines is 1. The lowest BCUT2D eigenvalue weighted by molar-refractivity contribution is 0.122. The minimum atomic E-state index is -2.53. The average Bonchev–Trinajstić information content (AvgIpc) is 3.29. The molecule has 0 bridgehead atoms. The highest BCUT2D eigenvalue weighted by Crippen LogP contribution is 2.33. The summed E-state index contributed by atoms with van der Waals surface area (Å²) in [6, 6.07) is 3.55. The molecule has 29 heavy (non-hydrogen) atoms. The minimum Gasteiger partial charge on any atom is -0.354 e. The van der Waals surface area contributed by atoms with Crippen molar-refractivity contribution in [3.8, 4) is 22.5 Å². The Morgan fingerprint density at radius 3 is 2.97 bits per heavy atom. The third kappa shape index (κ3) is 4.04. The van der Waals surface area contributed by atoms with Crippen molar-refractivity contribution in [2.75, 3.05) is 11.9 Å². The summed E-state index contributed by atoms with van der Waals surface area (Å²) < 4.78 is 27.1. The van der Waals surface area contributed by atoms with Crippen LogP contribution < -0.4 is 5.32 Å². The van der Waals surface area contributed by atoms with Crippen LogP contribution in [0.2, 0.25) is 5.02 Å². The van der Waals surface area contributed by atoms with Crippen LogP contribution in [0.3, 0.4) is 0 Å². The second-order valence-electron chi connectivity index (χ2n) is 6.45. The second kappa shape index (κ2) is 8.12. The van der Waals surface area contributed by atoms with E-state index in [2.05, 4.69) is 30.4 Å². The van der Waals surface area contributed by atoms with E-state index in [1.165, 1.54) is 4.68 Å². The van der Waals surface area contributed by atoms with Gasteiger partial charge in [-0.25, -0.2) is 23.7 Å². The molecule has 0 radical (unpaired) electrons. The summed E-state index contributed by atoms with van der Waals surface area (Å²) >= 11 is 6.21. The fourth-order valence-corrected chi connectivity index (χ4v) is 3.19. The molecule has 0 unspecified atom stereocenters. The molecule has 0 aliphatic rings. The maximum atomic E-state index is 13.0. The van der Waals surface area contributed by atoms with Gasteiger partial charge in [0.15, 0.2) is 0 Å². The van der Waals surface area contributed by atoms with Gasteiger partial charge in [-0.1, -0.05) is 18.5 Å². The highest BCUT2D eigenvalue weighted by Gasteiger charge is 2.18. The molecule has 2 N–H and O–H groups in total. The van der Waals surface area contributed by atoms with Crippen LogP contribution in [0.1, 0.15) is 13.3 Å². The highest BCUT2D eigenvalue weighted by molar-refractivity contribution is 6.35.